The number of nitrogens with one attached hydrogen (secondary N) is 2. The van der Waals surface area contributed by atoms with Crippen LogP contribution in [0, 0.1) is 0 Å². The van der Waals surface area contributed by atoms with Crippen molar-refractivity contribution in [3.8, 4) is 0 Å². The third-order valence-electron chi connectivity index (χ3n) is 1.96. The fourth-order valence-electron chi connectivity index (χ4n) is 1.19. The van der Waals surface area contributed by atoms with Gasteiger partial charge in [0.05, 0.1) is 12.5 Å². The molecule has 0 radical (unpaired) electrons. The first-order chi connectivity index (χ1) is 8.40. The smallest absolute Gasteiger partial charge is 0.339 e. The van der Waals surface area contributed by atoms with E-state index in [2.05, 4.69) is 20.2 Å². The van der Waals surface area contributed by atoms with E-state index in [1.807, 2.05) is 0 Å². The molecule has 0 fully saturated rings. The van der Waals surface area contributed by atoms with E-state index in [-0.39, 0.29) is 17.9 Å². The van der Waals surface area contributed by atoms with Gasteiger partial charge in [0, 0.05) is 13.1 Å². The Labute approximate surface area is 104 Å². The Morgan fingerprint density at radius 1 is 1.44 bits per heavy atom. The predicted octanol–water partition coefficient (Wildman–Crippen LogP) is -0.474. The molecular formula is C9H14N4O4S. The maximum Gasteiger partial charge on any atom is 0.339 e. The van der Waals surface area contributed by atoms with Gasteiger partial charge >= 0.3 is 5.97 Å². The lowest BCUT2D eigenvalue weighted by Gasteiger charge is -2.07. The van der Waals surface area contributed by atoms with E-state index >= 15 is 0 Å². The zero-order chi connectivity index (χ0) is 13.6. The molecule has 0 aliphatic heterocycles. The van der Waals surface area contributed by atoms with Gasteiger partial charge in [-0.1, -0.05) is 0 Å². The van der Waals surface area contributed by atoms with Crippen LogP contribution < -0.4 is 10.0 Å². The number of carboxylic acids is 1. The molecule has 0 aliphatic rings. The maximum atomic E-state index is 10.8. The van der Waals surface area contributed by atoms with Gasteiger partial charge in [-0.15, -0.1) is 5.10 Å². The molecule has 0 amide bonds. The van der Waals surface area contributed by atoms with Crippen molar-refractivity contribution >= 4 is 21.8 Å². The molecular weight excluding hydrogens is 260 g/mol. The van der Waals surface area contributed by atoms with Crippen LogP contribution in [0.5, 0.6) is 0 Å². The molecule has 1 aromatic rings. The normalized spacial score (nSPS) is 11.2. The van der Waals surface area contributed by atoms with Gasteiger partial charge < -0.3 is 10.4 Å². The average molecular weight is 274 g/mol. The Balaban J connectivity index is 2.42. The van der Waals surface area contributed by atoms with Crippen molar-refractivity contribution in [2.75, 3.05) is 24.7 Å². The van der Waals surface area contributed by atoms with Gasteiger partial charge in [-0.25, -0.2) is 17.9 Å². The highest BCUT2D eigenvalue weighted by Gasteiger charge is 2.10. The van der Waals surface area contributed by atoms with E-state index in [1.165, 1.54) is 12.3 Å². The van der Waals surface area contributed by atoms with Crippen molar-refractivity contribution in [2.24, 2.45) is 0 Å². The van der Waals surface area contributed by atoms with Gasteiger partial charge in [-0.3, -0.25) is 0 Å². The molecule has 1 aromatic heterocycles. The van der Waals surface area contributed by atoms with Crippen LogP contribution in [0.3, 0.4) is 0 Å². The quantitative estimate of drug-likeness (QED) is 0.574. The first-order valence-electron chi connectivity index (χ1n) is 5.13. The van der Waals surface area contributed by atoms with Crippen LogP contribution in [0.4, 0.5) is 5.82 Å². The lowest BCUT2D eigenvalue weighted by Crippen LogP contribution is -2.24. The van der Waals surface area contributed by atoms with Gasteiger partial charge in [0.15, 0.2) is 5.82 Å². The van der Waals surface area contributed by atoms with E-state index in [4.69, 9.17) is 5.11 Å². The van der Waals surface area contributed by atoms with Gasteiger partial charge in [0.25, 0.3) is 0 Å². The Bertz CT molecular complexity index is 517. The zero-order valence-electron chi connectivity index (χ0n) is 9.75. The summed E-state index contributed by atoms with van der Waals surface area (Å²) in [5, 5.41) is 18.9. The van der Waals surface area contributed by atoms with E-state index < -0.39 is 16.0 Å². The molecule has 0 aromatic carbocycles. The van der Waals surface area contributed by atoms with Crippen LogP contribution in [0.25, 0.3) is 0 Å². The lowest BCUT2D eigenvalue weighted by atomic mass is 10.3. The van der Waals surface area contributed by atoms with E-state index in [0.29, 0.717) is 13.0 Å². The minimum absolute atomic E-state index is 0.0288. The second-order valence-corrected chi connectivity index (χ2v) is 5.38. The molecule has 0 saturated carbocycles. The Morgan fingerprint density at radius 2 is 2.17 bits per heavy atom. The number of hydrogen-bond acceptors (Lipinski definition) is 6. The van der Waals surface area contributed by atoms with Crippen molar-refractivity contribution in [1.82, 2.24) is 14.9 Å². The molecule has 1 rings (SSSR count). The third-order valence-corrected chi connectivity index (χ3v) is 2.69. The van der Waals surface area contributed by atoms with Crippen LogP contribution in [0.2, 0.25) is 0 Å². The third kappa shape index (κ3) is 5.06. The highest BCUT2D eigenvalue weighted by molar-refractivity contribution is 7.88. The fourth-order valence-corrected chi connectivity index (χ4v) is 1.70. The van der Waals surface area contributed by atoms with Gasteiger partial charge in [0.1, 0.15) is 5.56 Å². The van der Waals surface area contributed by atoms with Crippen LogP contribution in [-0.2, 0) is 10.0 Å². The molecule has 18 heavy (non-hydrogen) atoms. The highest BCUT2D eigenvalue weighted by atomic mass is 32.2. The van der Waals surface area contributed by atoms with Crippen molar-refractivity contribution in [2.45, 2.75) is 6.42 Å². The summed E-state index contributed by atoms with van der Waals surface area (Å²) in [6.07, 6.45) is 2.87. The second kappa shape index (κ2) is 6.26. The Morgan fingerprint density at radius 3 is 2.78 bits per heavy atom. The number of carboxylic acid groups (broad SMARTS) is 1. The maximum absolute atomic E-state index is 10.8. The molecule has 1 heterocycles. The summed E-state index contributed by atoms with van der Waals surface area (Å²) in [7, 11) is -3.19. The Kier molecular flexibility index (Phi) is 4.98. The van der Waals surface area contributed by atoms with Gasteiger partial charge in [-0.2, -0.15) is 5.10 Å². The van der Waals surface area contributed by atoms with E-state index in [1.54, 1.807) is 0 Å². The van der Waals surface area contributed by atoms with Crippen molar-refractivity contribution in [3.05, 3.63) is 17.8 Å². The average Bonchev–Trinajstić information content (AvgIpc) is 2.27. The minimum Gasteiger partial charge on any atom is -0.478 e. The van der Waals surface area contributed by atoms with Crippen LogP contribution in [-0.4, -0.2) is 49.0 Å². The summed E-state index contributed by atoms with van der Waals surface area (Å²) in [6.45, 7) is 0.663. The standard InChI is InChI=1S/C9H14N4O4S/c1-18(16,17)12-5-2-4-10-8-7(9(14)15)3-6-11-13-8/h3,6,12H,2,4-5H2,1H3,(H,10,13)(H,14,15). The molecule has 8 nitrogen and oxygen atoms in total. The summed E-state index contributed by atoms with van der Waals surface area (Å²) in [4.78, 5) is 10.8. The molecule has 0 spiro atoms. The summed E-state index contributed by atoms with van der Waals surface area (Å²) < 4.78 is 23.9. The SMILES string of the molecule is CS(=O)(=O)NCCCNc1nnccc1C(=O)O. The number of sulfonamides is 1. The number of rotatable bonds is 7. The second-order valence-electron chi connectivity index (χ2n) is 3.55. The molecule has 100 valence electrons. The molecule has 3 N–H and O–H groups in total. The summed E-state index contributed by atoms with van der Waals surface area (Å²) in [5.41, 5.74) is 0.0288. The van der Waals surface area contributed by atoms with Crippen LogP contribution in [0.1, 0.15) is 16.8 Å². The summed E-state index contributed by atoms with van der Waals surface area (Å²) in [6, 6.07) is 1.34. The first kappa shape index (κ1) is 14.3. The number of carbonyl (C=O) groups is 1. The molecule has 0 atom stereocenters. The summed E-state index contributed by atoms with van der Waals surface area (Å²) in [5.74, 6) is -0.925. The first-order valence-corrected chi connectivity index (χ1v) is 7.03. The van der Waals surface area contributed by atoms with Crippen LogP contribution in [0.15, 0.2) is 12.3 Å². The van der Waals surface area contributed by atoms with Gasteiger partial charge in [0.2, 0.25) is 10.0 Å². The topological polar surface area (TPSA) is 121 Å². The Hall–Kier alpha value is -1.74. The largest absolute Gasteiger partial charge is 0.478 e. The lowest BCUT2D eigenvalue weighted by molar-refractivity contribution is 0.0697. The van der Waals surface area contributed by atoms with E-state index in [9.17, 15) is 13.2 Å². The van der Waals surface area contributed by atoms with Crippen molar-refractivity contribution in [1.29, 1.82) is 0 Å². The number of nitrogens with zero attached hydrogens (tertiary/aromatic N) is 2. The van der Waals surface area contributed by atoms with Gasteiger partial charge in [-0.05, 0) is 12.5 Å². The minimum atomic E-state index is -3.19. The van der Waals surface area contributed by atoms with Crippen LogP contribution >= 0.6 is 0 Å². The monoisotopic (exact) mass is 274 g/mol. The highest BCUT2D eigenvalue weighted by Crippen LogP contribution is 2.09. The number of hydrogen-bond donors (Lipinski definition) is 3. The molecule has 0 saturated heterocycles. The number of aromatic nitrogens is 2. The van der Waals surface area contributed by atoms with Crippen molar-refractivity contribution in [3.63, 3.8) is 0 Å². The van der Waals surface area contributed by atoms with E-state index in [0.717, 1.165) is 6.26 Å². The molecule has 0 aliphatic carbocycles. The molecule has 0 unspecified atom stereocenters. The number of aromatic carboxylic acids is 1. The predicted molar refractivity (Wildman–Crippen MR) is 64.9 cm³/mol. The fraction of sp³-hybridized carbons (Fsp3) is 0.444. The summed E-state index contributed by atoms with van der Waals surface area (Å²) >= 11 is 0. The molecule has 9 heteroatoms. The molecule has 0 bridgehead atoms. The number of anilines is 1. The zero-order valence-corrected chi connectivity index (χ0v) is 10.6. The van der Waals surface area contributed by atoms with Crippen molar-refractivity contribution < 1.29 is 18.3 Å².